The van der Waals surface area contributed by atoms with Gasteiger partial charge in [0.05, 0.1) is 0 Å². The Kier molecular flexibility index (Phi) is 3.99. The maximum atomic E-state index is 11.1. The first-order chi connectivity index (χ1) is 6.24. The van der Waals surface area contributed by atoms with Crippen LogP contribution in [0.4, 0.5) is 0 Å². The summed E-state index contributed by atoms with van der Waals surface area (Å²) in [5.74, 6) is 0.149. The number of likely N-dealkylation sites (N-methyl/N-ethyl adjacent to an activating group) is 1. The van der Waals surface area contributed by atoms with Crippen LogP contribution in [-0.2, 0) is 4.79 Å². The van der Waals surface area contributed by atoms with Crippen LogP contribution in [0.5, 0.6) is 0 Å². The van der Waals surface area contributed by atoms with Crippen molar-refractivity contribution in [2.75, 3.05) is 7.05 Å². The van der Waals surface area contributed by atoms with Crippen LogP contribution in [0.3, 0.4) is 0 Å². The molecule has 0 amide bonds. The van der Waals surface area contributed by atoms with E-state index in [9.17, 15) is 4.79 Å². The molecule has 0 aliphatic rings. The number of hydrogen-bond acceptors (Lipinski definition) is 3. The number of rotatable bonds is 4. The van der Waals surface area contributed by atoms with E-state index in [1.807, 2.05) is 30.3 Å². The van der Waals surface area contributed by atoms with Crippen molar-refractivity contribution in [2.24, 2.45) is 0 Å². The smallest absolute Gasteiger partial charge is 0.157 e. The molecule has 0 bridgehead atoms. The summed E-state index contributed by atoms with van der Waals surface area (Å²) in [7, 11) is 1.79. The molecule has 2 nitrogen and oxygen atoms in total. The fraction of sp³-hybridized carbons (Fsp3) is 0.300. The first-order valence-electron chi connectivity index (χ1n) is 4.13. The van der Waals surface area contributed by atoms with E-state index < -0.39 is 0 Å². The molecule has 1 unspecified atom stereocenters. The predicted molar refractivity (Wildman–Crippen MR) is 55.8 cm³/mol. The normalized spacial score (nSPS) is 12.5. The molecule has 1 aromatic rings. The SMILES string of the molecule is CNC(Sc1ccccc1)C(C)=O. The van der Waals surface area contributed by atoms with Crippen molar-refractivity contribution in [2.45, 2.75) is 17.2 Å². The second-order valence-electron chi connectivity index (χ2n) is 2.71. The summed E-state index contributed by atoms with van der Waals surface area (Å²) in [6.45, 7) is 1.59. The maximum absolute atomic E-state index is 11.1. The minimum atomic E-state index is -0.137. The standard InChI is InChI=1S/C10H13NOS/c1-8(12)10(11-2)13-9-6-4-3-5-7-9/h3-7,10-11H,1-2H3. The van der Waals surface area contributed by atoms with Gasteiger partial charge in [-0.05, 0) is 26.1 Å². The van der Waals surface area contributed by atoms with Gasteiger partial charge in [0, 0.05) is 4.90 Å². The topological polar surface area (TPSA) is 29.1 Å². The second kappa shape index (κ2) is 5.04. The lowest BCUT2D eigenvalue weighted by Crippen LogP contribution is -2.28. The molecule has 0 fully saturated rings. The van der Waals surface area contributed by atoms with Crippen LogP contribution in [-0.4, -0.2) is 18.2 Å². The van der Waals surface area contributed by atoms with E-state index in [0.717, 1.165) is 4.90 Å². The Balaban J connectivity index is 2.62. The Morgan fingerprint density at radius 1 is 1.38 bits per heavy atom. The van der Waals surface area contributed by atoms with Gasteiger partial charge in [-0.2, -0.15) is 0 Å². The van der Waals surface area contributed by atoms with E-state index in [4.69, 9.17) is 0 Å². The number of benzene rings is 1. The molecule has 0 spiro atoms. The van der Waals surface area contributed by atoms with Crippen molar-refractivity contribution < 1.29 is 4.79 Å². The molecular formula is C10H13NOS. The lowest BCUT2D eigenvalue weighted by Gasteiger charge is -2.11. The fourth-order valence-corrected chi connectivity index (χ4v) is 1.85. The molecule has 0 saturated carbocycles. The first kappa shape index (κ1) is 10.3. The van der Waals surface area contributed by atoms with Crippen molar-refractivity contribution in [1.29, 1.82) is 0 Å². The average molecular weight is 195 g/mol. The van der Waals surface area contributed by atoms with Crippen LogP contribution < -0.4 is 5.32 Å². The predicted octanol–water partition coefficient (Wildman–Crippen LogP) is 1.91. The van der Waals surface area contributed by atoms with Crippen LogP contribution in [0.25, 0.3) is 0 Å². The van der Waals surface area contributed by atoms with E-state index in [2.05, 4.69) is 5.32 Å². The fourth-order valence-electron chi connectivity index (χ4n) is 0.980. The molecule has 3 heteroatoms. The second-order valence-corrected chi connectivity index (χ2v) is 3.89. The Morgan fingerprint density at radius 2 is 2.00 bits per heavy atom. The largest absolute Gasteiger partial charge is 0.302 e. The minimum Gasteiger partial charge on any atom is -0.302 e. The highest BCUT2D eigenvalue weighted by atomic mass is 32.2. The highest BCUT2D eigenvalue weighted by Gasteiger charge is 2.11. The minimum absolute atomic E-state index is 0.137. The molecule has 0 aliphatic heterocycles. The van der Waals surface area contributed by atoms with Gasteiger partial charge in [0.15, 0.2) is 5.78 Å². The highest BCUT2D eigenvalue weighted by molar-refractivity contribution is 8.00. The molecule has 1 rings (SSSR count). The van der Waals surface area contributed by atoms with Crippen molar-refractivity contribution >= 4 is 17.5 Å². The van der Waals surface area contributed by atoms with Gasteiger partial charge in [-0.3, -0.25) is 4.79 Å². The quantitative estimate of drug-likeness (QED) is 0.588. The molecule has 1 atom stereocenters. The zero-order chi connectivity index (χ0) is 9.68. The summed E-state index contributed by atoms with van der Waals surface area (Å²) < 4.78 is 0. The van der Waals surface area contributed by atoms with Crippen LogP contribution >= 0.6 is 11.8 Å². The van der Waals surface area contributed by atoms with Crippen LogP contribution in [0.1, 0.15) is 6.92 Å². The van der Waals surface area contributed by atoms with Crippen molar-refractivity contribution in [1.82, 2.24) is 5.32 Å². The van der Waals surface area contributed by atoms with E-state index in [1.54, 1.807) is 14.0 Å². The lowest BCUT2D eigenvalue weighted by atomic mass is 10.4. The number of nitrogens with one attached hydrogen (secondary N) is 1. The summed E-state index contributed by atoms with van der Waals surface area (Å²) >= 11 is 1.54. The van der Waals surface area contributed by atoms with Crippen LogP contribution in [0, 0.1) is 0 Å². The Labute approximate surface area is 82.7 Å². The van der Waals surface area contributed by atoms with E-state index in [-0.39, 0.29) is 11.2 Å². The number of hydrogen-bond donors (Lipinski definition) is 1. The maximum Gasteiger partial charge on any atom is 0.157 e. The summed E-state index contributed by atoms with van der Waals surface area (Å²) in [6, 6.07) is 9.90. The summed E-state index contributed by atoms with van der Waals surface area (Å²) in [5.41, 5.74) is 0. The molecule has 0 aromatic heterocycles. The summed E-state index contributed by atoms with van der Waals surface area (Å²) in [5, 5.41) is 2.83. The lowest BCUT2D eigenvalue weighted by molar-refractivity contribution is -0.116. The van der Waals surface area contributed by atoms with Gasteiger partial charge < -0.3 is 5.32 Å². The number of ketones is 1. The third-order valence-electron chi connectivity index (χ3n) is 1.63. The zero-order valence-electron chi connectivity index (χ0n) is 7.78. The molecule has 70 valence electrons. The van der Waals surface area contributed by atoms with Gasteiger partial charge in [0.25, 0.3) is 0 Å². The Bertz CT molecular complexity index is 274. The van der Waals surface area contributed by atoms with Crippen LogP contribution in [0.2, 0.25) is 0 Å². The van der Waals surface area contributed by atoms with Gasteiger partial charge in [-0.15, -0.1) is 0 Å². The Hall–Kier alpha value is -0.800. The molecule has 0 radical (unpaired) electrons. The van der Waals surface area contributed by atoms with Gasteiger partial charge in [0.1, 0.15) is 5.37 Å². The third kappa shape index (κ3) is 3.20. The van der Waals surface area contributed by atoms with Gasteiger partial charge >= 0.3 is 0 Å². The molecular weight excluding hydrogens is 182 g/mol. The molecule has 13 heavy (non-hydrogen) atoms. The van der Waals surface area contributed by atoms with Gasteiger partial charge in [-0.25, -0.2) is 0 Å². The first-order valence-corrected chi connectivity index (χ1v) is 5.01. The van der Waals surface area contributed by atoms with Gasteiger partial charge in [-0.1, -0.05) is 30.0 Å². The van der Waals surface area contributed by atoms with Crippen molar-refractivity contribution in [3.8, 4) is 0 Å². The average Bonchev–Trinajstić information content (AvgIpc) is 2.15. The van der Waals surface area contributed by atoms with Crippen molar-refractivity contribution in [3.63, 3.8) is 0 Å². The third-order valence-corrected chi connectivity index (χ3v) is 2.98. The number of Topliss-reactive ketones (excluding diaryl/α,β-unsaturated/α-hetero) is 1. The molecule has 1 aromatic carbocycles. The van der Waals surface area contributed by atoms with E-state index in [0.29, 0.717) is 0 Å². The number of carbonyl (C=O) groups is 1. The zero-order valence-corrected chi connectivity index (χ0v) is 8.60. The van der Waals surface area contributed by atoms with E-state index >= 15 is 0 Å². The molecule has 0 heterocycles. The van der Waals surface area contributed by atoms with Gasteiger partial charge in [0.2, 0.25) is 0 Å². The van der Waals surface area contributed by atoms with Crippen molar-refractivity contribution in [3.05, 3.63) is 30.3 Å². The monoisotopic (exact) mass is 195 g/mol. The number of thioether (sulfide) groups is 1. The molecule has 0 saturated heterocycles. The number of carbonyl (C=O) groups excluding carboxylic acids is 1. The summed E-state index contributed by atoms with van der Waals surface area (Å²) in [6.07, 6.45) is 0. The Morgan fingerprint density at radius 3 is 2.46 bits per heavy atom. The molecule has 1 N–H and O–H groups in total. The summed E-state index contributed by atoms with van der Waals surface area (Å²) in [4.78, 5) is 12.2. The highest BCUT2D eigenvalue weighted by Crippen LogP contribution is 2.21. The van der Waals surface area contributed by atoms with E-state index in [1.165, 1.54) is 11.8 Å². The molecule has 0 aliphatic carbocycles. The van der Waals surface area contributed by atoms with Crippen LogP contribution in [0.15, 0.2) is 35.2 Å².